The molecule has 1 aliphatic heterocycles. The maximum atomic E-state index is 9.21. The van der Waals surface area contributed by atoms with Gasteiger partial charge in [0.1, 0.15) is 23.5 Å². The number of nitrogens with zero attached hydrogens (tertiary/aromatic N) is 2. The number of aliphatic hydroxyl groups excluding tert-OH is 1. The van der Waals surface area contributed by atoms with Gasteiger partial charge in [-0.3, -0.25) is 0 Å². The molecule has 0 radical (unpaired) electrons. The van der Waals surface area contributed by atoms with Gasteiger partial charge in [0.15, 0.2) is 11.6 Å². The zero-order chi connectivity index (χ0) is 23.2. The molecule has 0 amide bonds. The van der Waals surface area contributed by atoms with Crippen LogP contribution in [0.15, 0.2) is 36.7 Å². The topological polar surface area (TPSA) is 122 Å². The molecule has 0 unspecified atom stereocenters. The fourth-order valence-electron chi connectivity index (χ4n) is 4.03. The fraction of sp³-hybridized carbons (Fsp3) is 0.385. The zero-order valence-electron chi connectivity index (χ0n) is 19.2. The van der Waals surface area contributed by atoms with Crippen LogP contribution in [0, 0.1) is 35.5 Å². The predicted molar refractivity (Wildman–Crippen MR) is 125 cm³/mol. The summed E-state index contributed by atoms with van der Waals surface area (Å²) in [6.45, 7) is 5.59. The quantitative estimate of drug-likeness (QED) is 0.376. The molecule has 7 nitrogen and oxygen atoms in total. The summed E-state index contributed by atoms with van der Waals surface area (Å²) in [4.78, 5) is 15.5. The summed E-state index contributed by atoms with van der Waals surface area (Å²) < 4.78 is 0. The summed E-state index contributed by atoms with van der Waals surface area (Å²) in [5.41, 5.74) is 7.56. The summed E-state index contributed by atoms with van der Waals surface area (Å²) in [5, 5.41) is 11.6. The van der Waals surface area contributed by atoms with Crippen LogP contribution in [-0.4, -0.2) is 38.2 Å². The third-order valence-corrected chi connectivity index (χ3v) is 5.97. The smallest absolute Gasteiger partial charge is 0.165 e. The molecule has 1 aliphatic rings. The van der Waals surface area contributed by atoms with Crippen LogP contribution in [0.2, 0.25) is 0 Å². The van der Waals surface area contributed by atoms with Crippen molar-refractivity contribution in [2.75, 3.05) is 13.2 Å². The average Bonchev–Trinajstić information content (AvgIpc) is 3.57. The average molecular weight is 445 g/mol. The lowest BCUT2D eigenvalue weighted by molar-refractivity contribution is -0.679. The molecule has 0 saturated carbocycles. The number of aromatic nitrogens is 4. The van der Waals surface area contributed by atoms with Crippen LogP contribution in [0.1, 0.15) is 72.9 Å². The second-order valence-electron chi connectivity index (χ2n) is 9.08. The first kappa shape index (κ1) is 22.8. The molecule has 0 aliphatic carbocycles. The Kier molecular flexibility index (Phi) is 7.26. The maximum Gasteiger partial charge on any atom is 0.165 e. The number of aromatic amines is 2. The Bertz CT molecular complexity index is 1190. The summed E-state index contributed by atoms with van der Waals surface area (Å²) in [7, 11) is 0. The van der Waals surface area contributed by atoms with Gasteiger partial charge in [-0.1, -0.05) is 25.7 Å². The third-order valence-electron chi connectivity index (χ3n) is 5.97. The highest BCUT2D eigenvalue weighted by Crippen LogP contribution is 2.18. The van der Waals surface area contributed by atoms with Gasteiger partial charge in [-0.05, 0) is 42.0 Å². The van der Waals surface area contributed by atoms with Crippen molar-refractivity contribution in [2.45, 2.75) is 38.8 Å². The van der Waals surface area contributed by atoms with Crippen LogP contribution in [0.5, 0.6) is 0 Å². The minimum atomic E-state index is 0.00589. The first-order chi connectivity index (χ1) is 16.0. The van der Waals surface area contributed by atoms with Crippen molar-refractivity contribution in [3.8, 4) is 23.7 Å². The van der Waals surface area contributed by atoms with Crippen molar-refractivity contribution >= 4 is 0 Å². The Morgan fingerprint density at radius 2 is 1.70 bits per heavy atom. The first-order valence-electron chi connectivity index (χ1n) is 11.5. The molecule has 1 saturated heterocycles. The van der Waals surface area contributed by atoms with Crippen LogP contribution >= 0.6 is 0 Å². The Morgan fingerprint density at radius 3 is 2.30 bits per heavy atom. The lowest BCUT2D eigenvalue weighted by atomic mass is 10.0. The number of hydrogen-bond donors (Lipinski definition) is 5. The lowest BCUT2D eigenvalue weighted by Gasteiger charge is -2.09. The molecule has 1 fully saturated rings. The normalized spacial score (nSPS) is 19.3. The van der Waals surface area contributed by atoms with Crippen LogP contribution in [0.3, 0.4) is 0 Å². The van der Waals surface area contributed by atoms with Gasteiger partial charge in [0.05, 0.1) is 18.9 Å². The largest absolute Gasteiger partial charge is 0.396 e. The number of imidazole rings is 2. The number of quaternary nitrogens is 2. The second-order valence-corrected chi connectivity index (χ2v) is 9.08. The van der Waals surface area contributed by atoms with Gasteiger partial charge in [0, 0.05) is 36.5 Å². The Morgan fingerprint density at radius 1 is 1.06 bits per heavy atom. The molecule has 7 heteroatoms. The predicted octanol–water partition coefficient (Wildman–Crippen LogP) is 0.878. The van der Waals surface area contributed by atoms with E-state index >= 15 is 0 Å². The molecule has 170 valence electrons. The molecule has 4 rings (SSSR count). The molecule has 3 heterocycles. The van der Waals surface area contributed by atoms with Crippen molar-refractivity contribution in [1.82, 2.24) is 19.9 Å². The molecule has 0 spiro atoms. The highest BCUT2D eigenvalue weighted by Gasteiger charge is 2.28. The van der Waals surface area contributed by atoms with Crippen LogP contribution in [-0.2, 0) is 0 Å². The third kappa shape index (κ3) is 6.12. The number of rotatable bonds is 5. The van der Waals surface area contributed by atoms with Crippen LogP contribution < -0.4 is 11.1 Å². The van der Waals surface area contributed by atoms with E-state index in [1.54, 1.807) is 6.20 Å². The highest BCUT2D eigenvalue weighted by atomic mass is 16.3. The van der Waals surface area contributed by atoms with E-state index in [1.165, 1.54) is 0 Å². The second kappa shape index (κ2) is 10.5. The maximum absolute atomic E-state index is 9.21. The van der Waals surface area contributed by atoms with Crippen LogP contribution in [0.25, 0.3) is 0 Å². The molecule has 0 bridgehead atoms. The van der Waals surface area contributed by atoms with Crippen molar-refractivity contribution < 1.29 is 16.2 Å². The Balaban J connectivity index is 1.36. The number of H-pyrrole nitrogens is 2. The van der Waals surface area contributed by atoms with E-state index in [-0.39, 0.29) is 18.6 Å². The highest BCUT2D eigenvalue weighted by molar-refractivity contribution is 5.45. The van der Waals surface area contributed by atoms with Crippen molar-refractivity contribution in [3.05, 3.63) is 70.8 Å². The molecular formula is C26H32N6O+2. The number of benzene rings is 1. The lowest BCUT2D eigenvalue weighted by Crippen LogP contribution is -2.82. The van der Waals surface area contributed by atoms with Crippen molar-refractivity contribution in [3.63, 3.8) is 0 Å². The number of nitrogens with one attached hydrogen (secondary N) is 2. The Hall–Kier alpha value is -3.36. The van der Waals surface area contributed by atoms with E-state index in [1.807, 2.05) is 37.4 Å². The Labute approximate surface area is 194 Å². The molecule has 3 aromatic rings. The number of aliphatic hydroxyl groups is 1. The fourth-order valence-corrected chi connectivity index (χ4v) is 4.03. The number of nitrogens with two attached hydrogens (primary N) is 1. The monoisotopic (exact) mass is 444 g/mol. The summed E-state index contributed by atoms with van der Waals surface area (Å²) in [6.07, 6.45) is 5.48. The van der Waals surface area contributed by atoms with E-state index < -0.39 is 0 Å². The molecule has 1 aromatic carbocycles. The van der Waals surface area contributed by atoms with Gasteiger partial charge in [-0.2, -0.15) is 0 Å². The van der Waals surface area contributed by atoms with Gasteiger partial charge in [0.2, 0.25) is 0 Å². The van der Waals surface area contributed by atoms with E-state index in [4.69, 9.17) is 0 Å². The van der Waals surface area contributed by atoms with Crippen molar-refractivity contribution in [1.29, 1.82) is 0 Å². The molecule has 33 heavy (non-hydrogen) atoms. The molecular weight excluding hydrogens is 412 g/mol. The summed E-state index contributed by atoms with van der Waals surface area (Å²) in [5.74, 6) is 15.4. The van der Waals surface area contributed by atoms with Gasteiger partial charge in [0.25, 0.3) is 0 Å². The van der Waals surface area contributed by atoms with Crippen LogP contribution in [0.4, 0.5) is 0 Å². The van der Waals surface area contributed by atoms with E-state index in [0.29, 0.717) is 6.04 Å². The zero-order valence-corrected chi connectivity index (χ0v) is 19.2. The standard InChI is InChI=1S/C26H30N6O/c1-17-12-24(28-13-17)26-30-15-22(32-26)10-8-20-5-3-19(4-6-20)7-9-21-14-29-25(31-21)23(27)11-18(2)16-33/h3-6,14-15,17-18,23-24,28,33H,11-13,16,27H2,1-2H3,(H,29,31)(H,30,32)/p+2/t17-,18+,23-,24-/m0/s1. The minimum absolute atomic E-state index is 0.00589. The minimum Gasteiger partial charge on any atom is -0.396 e. The van der Waals surface area contributed by atoms with E-state index in [9.17, 15) is 5.11 Å². The van der Waals surface area contributed by atoms with Gasteiger partial charge < -0.3 is 26.1 Å². The van der Waals surface area contributed by atoms with Gasteiger partial charge >= 0.3 is 0 Å². The van der Waals surface area contributed by atoms with Crippen molar-refractivity contribution in [2.24, 2.45) is 11.8 Å². The number of hydrogen-bond acceptors (Lipinski definition) is 3. The molecule has 4 atom stereocenters. The van der Waals surface area contributed by atoms with Gasteiger partial charge in [-0.15, -0.1) is 0 Å². The molecule has 2 aromatic heterocycles. The van der Waals surface area contributed by atoms with E-state index in [2.05, 4.69) is 61.6 Å². The molecule has 8 N–H and O–H groups in total. The van der Waals surface area contributed by atoms with E-state index in [0.717, 1.165) is 59.5 Å². The SMILES string of the molecule is C[C@@H]1C[NH2+][C@H](c2ncc(C#Cc3ccc(C#Cc4cnc([C@@H]([NH3+])C[C@@H](C)CO)[nH]4)cc3)[nH]2)C1. The summed E-state index contributed by atoms with van der Waals surface area (Å²) >= 11 is 0. The first-order valence-corrected chi connectivity index (χ1v) is 11.5. The summed E-state index contributed by atoms with van der Waals surface area (Å²) in [6, 6.07) is 8.31. The van der Waals surface area contributed by atoms with Gasteiger partial charge in [-0.25, -0.2) is 9.97 Å².